The minimum Gasteiger partial charge on any atom is -0.497 e. The lowest BCUT2D eigenvalue weighted by molar-refractivity contribution is 0.0926. The zero-order valence-electron chi connectivity index (χ0n) is 17.2. The number of benzene rings is 2. The summed E-state index contributed by atoms with van der Waals surface area (Å²) in [6.45, 7) is 2.37. The van der Waals surface area contributed by atoms with Gasteiger partial charge >= 0.3 is 0 Å². The Hall–Kier alpha value is -3.38. The van der Waals surface area contributed by atoms with Crippen molar-refractivity contribution in [2.24, 2.45) is 0 Å². The van der Waals surface area contributed by atoms with Gasteiger partial charge in [0.25, 0.3) is 5.91 Å². The molecule has 0 radical (unpaired) electrons. The fourth-order valence-corrected chi connectivity index (χ4v) is 3.46. The summed E-state index contributed by atoms with van der Waals surface area (Å²) in [5, 5.41) is 4.71. The van der Waals surface area contributed by atoms with Gasteiger partial charge in [0.1, 0.15) is 5.75 Å². The molecule has 30 heavy (non-hydrogen) atoms. The fraction of sp³-hybridized carbons (Fsp3) is 0.250. The summed E-state index contributed by atoms with van der Waals surface area (Å²) in [5.74, 6) is 0.786. The van der Waals surface area contributed by atoms with E-state index >= 15 is 0 Å². The molecule has 0 aliphatic carbocycles. The second-order valence-electron chi connectivity index (χ2n) is 7.38. The van der Waals surface area contributed by atoms with Crippen LogP contribution in [0.3, 0.4) is 0 Å². The Morgan fingerprint density at radius 1 is 1.10 bits per heavy atom. The Morgan fingerprint density at radius 3 is 2.73 bits per heavy atom. The first-order valence-corrected chi connectivity index (χ1v) is 10.0. The summed E-state index contributed by atoms with van der Waals surface area (Å²) >= 11 is 0. The van der Waals surface area contributed by atoms with E-state index < -0.39 is 0 Å². The molecule has 154 valence electrons. The fourth-order valence-electron chi connectivity index (χ4n) is 3.46. The third-order valence-electron chi connectivity index (χ3n) is 5.03. The molecule has 0 aliphatic heterocycles. The van der Waals surface area contributed by atoms with Gasteiger partial charge in [-0.25, -0.2) is 4.98 Å². The minimum atomic E-state index is -0.222. The summed E-state index contributed by atoms with van der Waals surface area (Å²) in [4.78, 5) is 19.2. The number of rotatable bonds is 8. The Bertz CT molecular complexity index is 1150. The van der Waals surface area contributed by atoms with Crippen LogP contribution in [-0.4, -0.2) is 43.0 Å². The number of ether oxygens (including phenoxy) is 1. The summed E-state index contributed by atoms with van der Waals surface area (Å²) in [5.41, 5.74) is 2.50. The summed E-state index contributed by atoms with van der Waals surface area (Å²) in [6, 6.07) is 19.7. The van der Waals surface area contributed by atoms with Gasteiger partial charge in [-0.2, -0.15) is 0 Å². The van der Waals surface area contributed by atoms with E-state index in [2.05, 4.69) is 34.4 Å². The molecule has 1 N–H and O–H groups in total. The molecule has 6 nitrogen and oxygen atoms in total. The van der Waals surface area contributed by atoms with Gasteiger partial charge in [-0.15, -0.1) is 0 Å². The lowest BCUT2D eigenvalue weighted by Gasteiger charge is -2.16. The van der Waals surface area contributed by atoms with Crippen LogP contribution in [0.4, 0.5) is 0 Å². The van der Waals surface area contributed by atoms with Crippen LogP contribution >= 0.6 is 0 Å². The van der Waals surface area contributed by atoms with E-state index in [4.69, 9.17) is 9.15 Å². The second-order valence-corrected chi connectivity index (χ2v) is 7.38. The van der Waals surface area contributed by atoms with Crippen LogP contribution in [0.1, 0.15) is 22.5 Å². The van der Waals surface area contributed by atoms with E-state index in [1.807, 2.05) is 42.5 Å². The number of aromatic nitrogens is 1. The van der Waals surface area contributed by atoms with E-state index in [0.29, 0.717) is 12.3 Å². The number of hydrogen-bond donors (Lipinski definition) is 1. The van der Waals surface area contributed by atoms with Crippen molar-refractivity contribution in [3.63, 3.8) is 0 Å². The van der Waals surface area contributed by atoms with Crippen molar-refractivity contribution < 1.29 is 13.9 Å². The van der Waals surface area contributed by atoms with E-state index in [9.17, 15) is 4.79 Å². The van der Waals surface area contributed by atoms with Gasteiger partial charge in [-0.05, 0) is 49.8 Å². The summed E-state index contributed by atoms with van der Waals surface area (Å²) in [7, 11) is 3.70. The second kappa shape index (κ2) is 8.97. The number of fused-ring (bicyclic) bond motifs is 2. The van der Waals surface area contributed by atoms with Crippen molar-refractivity contribution in [1.29, 1.82) is 0 Å². The molecular weight excluding hydrogens is 378 g/mol. The number of amides is 1. The molecule has 0 saturated carbocycles. The number of hydrogen-bond acceptors (Lipinski definition) is 5. The molecule has 0 bridgehead atoms. The third-order valence-corrected chi connectivity index (χ3v) is 5.03. The van der Waals surface area contributed by atoms with Gasteiger partial charge < -0.3 is 19.4 Å². The smallest absolute Gasteiger partial charge is 0.287 e. The molecule has 0 unspecified atom stereocenters. The average Bonchev–Trinajstić information content (AvgIpc) is 3.18. The van der Waals surface area contributed by atoms with Gasteiger partial charge in [-0.1, -0.05) is 30.3 Å². The van der Waals surface area contributed by atoms with Gasteiger partial charge in [-0.3, -0.25) is 4.79 Å². The molecule has 4 rings (SSSR count). The Kier molecular flexibility index (Phi) is 5.95. The van der Waals surface area contributed by atoms with Gasteiger partial charge in [0.2, 0.25) is 5.71 Å². The van der Waals surface area contributed by atoms with Crippen molar-refractivity contribution >= 4 is 27.9 Å². The van der Waals surface area contributed by atoms with Crippen LogP contribution in [-0.2, 0) is 6.54 Å². The molecule has 2 aromatic heterocycles. The molecule has 0 fully saturated rings. The zero-order valence-corrected chi connectivity index (χ0v) is 17.2. The third kappa shape index (κ3) is 4.60. The summed E-state index contributed by atoms with van der Waals surface area (Å²) in [6.07, 6.45) is 0.858. The van der Waals surface area contributed by atoms with Crippen LogP contribution in [0.25, 0.3) is 22.0 Å². The monoisotopic (exact) mass is 403 g/mol. The molecule has 0 saturated heterocycles. The molecule has 2 aromatic carbocycles. The van der Waals surface area contributed by atoms with Gasteiger partial charge in [0.15, 0.2) is 5.76 Å². The number of methoxy groups -OCH3 is 1. The number of nitrogens with zero attached hydrogens (tertiary/aromatic N) is 2. The maximum atomic E-state index is 12.5. The van der Waals surface area contributed by atoms with Crippen LogP contribution < -0.4 is 10.1 Å². The highest BCUT2D eigenvalue weighted by atomic mass is 16.5. The first-order chi connectivity index (χ1) is 14.6. The van der Waals surface area contributed by atoms with E-state index in [-0.39, 0.29) is 11.7 Å². The van der Waals surface area contributed by atoms with E-state index in [1.165, 1.54) is 5.56 Å². The van der Waals surface area contributed by atoms with Gasteiger partial charge in [0, 0.05) is 29.9 Å². The number of furan rings is 1. The molecule has 4 aromatic rings. The zero-order chi connectivity index (χ0) is 20.9. The summed E-state index contributed by atoms with van der Waals surface area (Å²) < 4.78 is 10.9. The van der Waals surface area contributed by atoms with Crippen molar-refractivity contribution in [3.05, 3.63) is 72.0 Å². The highest BCUT2D eigenvalue weighted by Gasteiger charge is 2.14. The first-order valence-electron chi connectivity index (χ1n) is 10.0. The van der Waals surface area contributed by atoms with Crippen molar-refractivity contribution in [2.45, 2.75) is 13.0 Å². The molecule has 0 aliphatic rings. The number of nitrogens with one attached hydrogen (secondary N) is 1. The molecule has 6 heteroatoms. The maximum Gasteiger partial charge on any atom is 0.287 e. The Balaban J connectivity index is 1.33. The Morgan fingerprint density at radius 2 is 1.93 bits per heavy atom. The van der Waals surface area contributed by atoms with Crippen LogP contribution in [0.5, 0.6) is 5.75 Å². The Labute approximate surface area is 175 Å². The van der Waals surface area contributed by atoms with E-state index in [1.54, 1.807) is 13.2 Å². The molecule has 1 amide bonds. The van der Waals surface area contributed by atoms with E-state index in [0.717, 1.165) is 41.5 Å². The maximum absolute atomic E-state index is 12.5. The quantitative estimate of drug-likeness (QED) is 0.446. The normalized spacial score (nSPS) is 11.3. The van der Waals surface area contributed by atoms with Crippen LogP contribution in [0.2, 0.25) is 0 Å². The number of carbonyl (C=O) groups is 1. The highest BCUT2D eigenvalue weighted by Crippen LogP contribution is 2.25. The molecule has 0 spiro atoms. The van der Waals surface area contributed by atoms with Gasteiger partial charge in [0.05, 0.1) is 12.6 Å². The molecule has 0 atom stereocenters. The predicted octanol–water partition coefficient (Wildman–Crippen LogP) is 4.24. The van der Waals surface area contributed by atoms with Crippen molar-refractivity contribution in [2.75, 3.05) is 27.2 Å². The lowest BCUT2D eigenvalue weighted by atomic mass is 10.2. The molecule has 2 heterocycles. The number of pyridine rings is 1. The molecular formula is C24H25N3O3. The van der Waals surface area contributed by atoms with Crippen LogP contribution in [0.15, 0.2) is 65.1 Å². The topological polar surface area (TPSA) is 67.6 Å². The highest BCUT2D eigenvalue weighted by molar-refractivity contribution is 5.98. The number of carbonyl (C=O) groups excluding carboxylic acids is 1. The van der Waals surface area contributed by atoms with Crippen LogP contribution in [0, 0.1) is 0 Å². The standard InChI is InChI=1S/C24H25N3O3/c1-27(16-17-7-4-3-5-8-17)12-6-11-25-23(28)22-14-19-13-18-9-10-20(29-2)15-21(18)26-24(19)30-22/h3-5,7-10,13-15H,6,11-12,16H2,1-2H3,(H,25,28). The average molecular weight is 403 g/mol. The lowest BCUT2D eigenvalue weighted by Crippen LogP contribution is -2.27. The van der Waals surface area contributed by atoms with Crippen molar-refractivity contribution in [3.8, 4) is 5.75 Å². The first kappa shape index (κ1) is 19.9. The minimum absolute atomic E-state index is 0.222. The van der Waals surface area contributed by atoms with Crippen molar-refractivity contribution in [1.82, 2.24) is 15.2 Å². The SMILES string of the molecule is COc1ccc2cc3cc(C(=O)NCCCN(C)Cc4ccccc4)oc3nc2c1. The predicted molar refractivity (Wildman–Crippen MR) is 118 cm³/mol. The largest absolute Gasteiger partial charge is 0.497 e.